The molecular weight excluding hydrogens is 332 g/mol. The second kappa shape index (κ2) is 8.30. The van der Waals surface area contributed by atoms with Gasteiger partial charge in [0.15, 0.2) is 0 Å². The lowest BCUT2D eigenvalue weighted by molar-refractivity contribution is -0.128. The summed E-state index contributed by atoms with van der Waals surface area (Å²) >= 11 is 1.67. The summed E-state index contributed by atoms with van der Waals surface area (Å²) in [5, 5.41) is 9.95. The van der Waals surface area contributed by atoms with E-state index in [1.807, 2.05) is 23.1 Å². The Kier molecular flexibility index (Phi) is 5.87. The van der Waals surface area contributed by atoms with Crippen LogP contribution in [-0.2, 0) is 10.5 Å². The van der Waals surface area contributed by atoms with E-state index in [1.54, 1.807) is 17.8 Å². The van der Waals surface area contributed by atoms with Gasteiger partial charge in [-0.25, -0.2) is 0 Å². The molecule has 1 N–H and O–H groups in total. The van der Waals surface area contributed by atoms with Gasteiger partial charge in [-0.15, -0.1) is 11.8 Å². The van der Waals surface area contributed by atoms with Gasteiger partial charge >= 0.3 is 0 Å². The average Bonchev–Trinajstić information content (AvgIpc) is 2.64. The number of phenols is 1. The largest absolute Gasteiger partial charge is 0.506 e. The predicted molar refractivity (Wildman–Crippen MR) is 104 cm³/mol. The first kappa shape index (κ1) is 17.7. The molecule has 2 aromatic rings. The van der Waals surface area contributed by atoms with Gasteiger partial charge in [0.25, 0.3) is 0 Å². The molecule has 0 unspecified atom stereocenters. The molecule has 1 aliphatic rings. The van der Waals surface area contributed by atoms with Gasteiger partial charge < -0.3 is 14.9 Å². The van der Waals surface area contributed by atoms with Crippen LogP contribution in [0.25, 0.3) is 0 Å². The number of hydrogen-bond acceptors (Lipinski definition) is 4. The first-order valence-corrected chi connectivity index (χ1v) is 9.73. The number of piperazine rings is 1. The number of anilines is 1. The van der Waals surface area contributed by atoms with Crippen LogP contribution < -0.4 is 4.90 Å². The molecule has 132 valence electrons. The van der Waals surface area contributed by atoms with Gasteiger partial charge in [0, 0.05) is 31.9 Å². The zero-order valence-corrected chi connectivity index (χ0v) is 15.3. The van der Waals surface area contributed by atoms with Crippen molar-refractivity contribution in [2.24, 2.45) is 0 Å². The molecule has 1 saturated heterocycles. The highest BCUT2D eigenvalue weighted by Crippen LogP contribution is 2.27. The summed E-state index contributed by atoms with van der Waals surface area (Å²) < 4.78 is 0. The number of nitrogens with zero attached hydrogens (tertiary/aromatic N) is 2. The van der Waals surface area contributed by atoms with E-state index >= 15 is 0 Å². The molecule has 0 aromatic heterocycles. The van der Waals surface area contributed by atoms with Crippen molar-refractivity contribution in [3.63, 3.8) is 0 Å². The first-order valence-electron chi connectivity index (χ1n) is 8.57. The zero-order chi connectivity index (χ0) is 17.6. The molecule has 4 nitrogen and oxygen atoms in total. The monoisotopic (exact) mass is 356 g/mol. The van der Waals surface area contributed by atoms with Gasteiger partial charge in [-0.3, -0.25) is 4.79 Å². The van der Waals surface area contributed by atoms with Crippen LogP contribution in [0.5, 0.6) is 5.75 Å². The number of amides is 1. The summed E-state index contributed by atoms with van der Waals surface area (Å²) in [5.41, 5.74) is 3.36. The molecule has 1 aliphatic heterocycles. The SMILES string of the molecule is Cc1ccc(CSCC(=O)N2CCN(c3ccccc3O)CC2)cc1. The molecule has 25 heavy (non-hydrogen) atoms. The third-order valence-electron chi connectivity index (χ3n) is 4.47. The maximum atomic E-state index is 12.4. The van der Waals surface area contributed by atoms with Crippen LogP contribution in [0, 0.1) is 6.92 Å². The van der Waals surface area contributed by atoms with E-state index in [9.17, 15) is 9.90 Å². The molecule has 0 saturated carbocycles. The van der Waals surface area contributed by atoms with E-state index in [1.165, 1.54) is 11.1 Å². The molecule has 0 bridgehead atoms. The molecule has 1 amide bonds. The fraction of sp³-hybridized carbons (Fsp3) is 0.350. The van der Waals surface area contributed by atoms with E-state index in [0.717, 1.165) is 24.5 Å². The lowest BCUT2D eigenvalue weighted by Gasteiger charge is -2.36. The maximum Gasteiger partial charge on any atom is 0.232 e. The van der Waals surface area contributed by atoms with Crippen LogP contribution in [0.15, 0.2) is 48.5 Å². The van der Waals surface area contributed by atoms with Gasteiger partial charge in [-0.05, 0) is 24.6 Å². The highest BCUT2D eigenvalue weighted by atomic mass is 32.2. The number of para-hydroxylation sites is 2. The van der Waals surface area contributed by atoms with E-state index < -0.39 is 0 Å². The minimum Gasteiger partial charge on any atom is -0.506 e. The molecule has 0 radical (unpaired) electrons. The topological polar surface area (TPSA) is 43.8 Å². The molecule has 3 rings (SSSR count). The Morgan fingerprint density at radius 2 is 1.72 bits per heavy atom. The third-order valence-corrected chi connectivity index (χ3v) is 5.46. The normalized spacial score (nSPS) is 14.6. The minimum absolute atomic E-state index is 0.203. The summed E-state index contributed by atoms with van der Waals surface area (Å²) in [4.78, 5) is 16.5. The van der Waals surface area contributed by atoms with Crippen LogP contribution in [0.1, 0.15) is 11.1 Å². The van der Waals surface area contributed by atoms with Crippen LogP contribution in [-0.4, -0.2) is 47.8 Å². The minimum atomic E-state index is 0.203. The van der Waals surface area contributed by atoms with Crippen molar-refractivity contribution in [3.05, 3.63) is 59.7 Å². The number of aromatic hydroxyl groups is 1. The second-order valence-corrected chi connectivity index (χ2v) is 7.32. The Balaban J connectivity index is 1.44. The van der Waals surface area contributed by atoms with Crippen LogP contribution in [0.2, 0.25) is 0 Å². The summed E-state index contributed by atoms with van der Waals surface area (Å²) in [6, 6.07) is 15.8. The third kappa shape index (κ3) is 4.69. The Labute approximate surface area is 153 Å². The standard InChI is InChI=1S/C20H24N2O2S/c1-16-6-8-17(9-7-16)14-25-15-20(24)22-12-10-21(11-13-22)18-4-2-3-5-19(18)23/h2-9,23H,10-15H2,1H3. The number of benzene rings is 2. The Hall–Kier alpha value is -2.14. The number of rotatable bonds is 5. The van der Waals surface area contributed by atoms with Gasteiger partial charge in [-0.2, -0.15) is 0 Å². The number of carbonyl (C=O) groups is 1. The number of aryl methyl sites for hydroxylation is 1. The lowest BCUT2D eigenvalue weighted by atomic mass is 10.2. The van der Waals surface area contributed by atoms with E-state index in [-0.39, 0.29) is 5.91 Å². The van der Waals surface area contributed by atoms with Crippen molar-refractivity contribution in [2.45, 2.75) is 12.7 Å². The van der Waals surface area contributed by atoms with Gasteiger partial charge in [0.2, 0.25) is 5.91 Å². The van der Waals surface area contributed by atoms with E-state index in [0.29, 0.717) is 24.6 Å². The molecule has 2 aromatic carbocycles. The summed E-state index contributed by atoms with van der Waals surface area (Å²) in [6.07, 6.45) is 0. The molecule has 0 atom stereocenters. The van der Waals surface area contributed by atoms with Crippen LogP contribution in [0.3, 0.4) is 0 Å². The molecule has 1 heterocycles. The highest BCUT2D eigenvalue weighted by Gasteiger charge is 2.22. The summed E-state index contributed by atoms with van der Waals surface area (Å²) in [7, 11) is 0. The Morgan fingerprint density at radius 1 is 1.04 bits per heavy atom. The van der Waals surface area contributed by atoms with Crippen molar-refractivity contribution in [3.8, 4) is 5.75 Å². The smallest absolute Gasteiger partial charge is 0.232 e. The van der Waals surface area contributed by atoms with Crippen molar-refractivity contribution in [2.75, 3.05) is 36.8 Å². The molecular formula is C20H24N2O2S. The van der Waals surface area contributed by atoms with Gasteiger partial charge in [-0.1, -0.05) is 42.0 Å². The van der Waals surface area contributed by atoms with Crippen molar-refractivity contribution in [1.82, 2.24) is 4.90 Å². The summed E-state index contributed by atoms with van der Waals surface area (Å²) in [6.45, 7) is 5.00. The van der Waals surface area contributed by atoms with Crippen LogP contribution in [0.4, 0.5) is 5.69 Å². The zero-order valence-electron chi connectivity index (χ0n) is 14.5. The van der Waals surface area contributed by atoms with E-state index in [2.05, 4.69) is 36.1 Å². The number of phenolic OH excluding ortho intramolecular Hbond substituents is 1. The fourth-order valence-corrected chi connectivity index (χ4v) is 3.85. The fourth-order valence-electron chi connectivity index (χ4n) is 2.96. The number of hydrogen-bond donors (Lipinski definition) is 1. The average molecular weight is 356 g/mol. The Morgan fingerprint density at radius 3 is 2.40 bits per heavy atom. The Bertz CT molecular complexity index is 710. The summed E-state index contributed by atoms with van der Waals surface area (Å²) in [5.74, 6) is 1.89. The molecule has 1 fully saturated rings. The van der Waals surface area contributed by atoms with Crippen molar-refractivity contribution < 1.29 is 9.90 Å². The predicted octanol–water partition coefficient (Wildman–Crippen LogP) is 3.28. The van der Waals surface area contributed by atoms with Gasteiger partial charge in [0.05, 0.1) is 11.4 Å². The van der Waals surface area contributed by atoms with Crippen LogP contribution >= 0.6 is 11.8 Å². The molecule has 0 spiro atoms. The molecule has 0 aliphatic carbocycles. The lowest BCUT2D eigenvalue weighted by Crippen LogP contribution is -2.49. The maximum absolute atomic E-state index is 12.4. The molecule has 5 heteroatoms. The number of thioether (sulfide) groups is 1. The van der Waals surface area contributed by atoms with Crippen molar-refractivity contribution in [1.29, 1.82) is 0 Å². The second-order valence-electron chi connectivity index (χ2n) is 6.33. The number of carbonyl (C=O) groups excluding carboxylic acids is 1. The first-order chi connectivity index (χ1) is 12.1. The highest BCUT2D eigenvalue weighted by molar-refractivity contribution is 7.99. The quantitative estimate of drug-likeness (QED) is 0.893. The van der Waals surface area contributed by atoms with Gasteiger partial charge in [0.1, 0.15) is 5.75 Å². The van der Waals surface area contributed by atoms with Crippen molar-refractivity contribution >= 4 is 23.4 Å². The van der Waals surface area contributed by atoms with E-state index in [4.69, 9.17) is 0 Å².